The molecule has 0 aliphatic heterocycles. The highest BCUT2D eigenvalue weighted by molar-refractivity contribution is 7.09. The molecule has 0 spiro atoms. The first-order chi connectivity index (χ1) is 10.3. The summed E-state index contributed by atoms with van der Waals surface area (Å²) in [7, 11) is 0. The lowest BCUT2D eigenvalue weighted by Crippen LogP contribution is -2.25. The molecule has 0 unspecified atom stereocenters. The van der Waals surface area contributed by atoms with Gasteiger partial charge in [0.1, 0.15) is 0 Å². The Hall–Kier alpha value is -2.40. The first kappa shape index (κ1) is 13.6. The van der Waals surface area contributed by atoms with Crippen molar-refractivity contribution in [1.29, 1.82) is 0 Å². The van der Waals surface area contributed by atoms with E-state index in [1.807, 2.05) is 46.5 Å². The Morgan fingerprint density at radius 2 is 2.10 bits per heavy atom. The minimum atomic E-state index is -0.0382. The Morgan fingerprint density at radius 3 is 2.76 bits per heavy atom. The van der Waals surface area contributed by atoms with Crippen molar-refractivity contribution >= 4 is 17.2 Å². The fourth-order valence-electron chi connectivity index (χ4n) is 2.05. The number of hydrogen-bond acceptors (Lipinski definition) is 3. The highest BCUT2D eigenvalue weighted by atomic mass is 32.1. The van der Waals surface area contributed by atoms with Crippen LogP contribution in [0, 0.1) is 0 Å². The smallest absolute Gasteiger partial charge is 0.251 e. The van der Waals surface area contributed by atoms with Gasteiger partial charge >= 0.3 is 0 Å². The van der Waals surface area contributed by atoms with Crippen LogP contribution in [-0.4, -0.2) is 22.0 Å². The molecule has 21 heavy (non-hydrogen) atoms. The van der Waals surface area contributed by atoms with E-state index in [2.05, 4.69) is 16.4 Å². The third-order valence-corrected chi connectivity index (χ3v) is 4.11. The van der Waals surface area contributed by atoms with Gasteiger partial charge in [-0.05, 0) is 42.1 Å². The lowest BCUT2D eigenvalue weighted by molar-refractivity contribution is 0.0954. The summed E-state index contributed by atoms with van der Waals surface area (Å²) in [6.07, 6.45) is 6.20. The molecule has 1 amide bonds. The highest BCUT2D eigenvalue weighted by Crippen LogP contribution is 2.10. The van der Waals surface area contributed by atoms with Crippen LogP contribution in [0.5, 0.6) is 0 Å². The molecule has 2 aromatic heterocycles. The molecule has 5 heteroatoms. The van der Waals surface area contributed by atoms with Crippen LogP contribution in [0.3, 0.4) is 0 Å². The average Bonchev–Trinajstić information content (AvgIpc) is 3.21. The zero-order chi connectivity index (χ0) is 14.5. The Morgan fingerprint density at radius 1 is 1.24 bits per heavy atom. The molecule has 0 saturated heterocycles. The standard InChI is InChI=1S/C16H15N3OS/c20-16(18-8-7-15-2-1-11-21-15)13-3-5-14(6-4-13)19-10-9-17-12-19/h1-6,9-12H,7-8H2,(H,18,20). The topological polar surface area (TPSA) is 46.9 Å². The molecular formula is C16H15N3OS. The highest BCUT2D eigenvalue weighted by Gasteiger charge is 2.05. The van der Waals surface area contributed by atoms with Gasteiger partial charge in [-0.1, -0.05) is 6.07 Å². The molecule has 0 saturated carbocycles. The van der Waals surface area contributed by atoms with Crippen molar-refractivity contribution < 1.29 is 4.79 Å². The Balaban J connectivity index is 1.57. The molecule has 0 aliphatic rings. The van der Waals surface area contributed by atoms with Gasteiger partial charge in [0, 0.05) is 35.1 Å². The fourth-order valence-corrected chi connectivity index (χ4v) is 2.76. The first-order valence-electron chi connectivity index (χ1n) is 6.72. The maximum atomic E-state index is 12.0. The second kappa shape index (κ2) is 6.37. The zero-order valence-corrected chi connectivity index (χ0v) is 12.2. The van der Waals surface area contributed by atoms with Gasteiger partial charge < -0.3 is 9.88 Å². The molecule has 0 radical (unpaired) electrons. The van der Waals surface area contributed by atoms with E-state index in [1.165, 1.54) is 4.88 Å². The van der Waals surface area contributed by atoms with E-state index in [4.69, 9.17) is 0 Å². The van der Waals surface area contributed by atoms with E-state index in [0.29, 0.717) is 12.1 Å². The summed E-state index contributed by atoms with van der Waals surface area (Å²) in [4.78, 5) is 17.3. The van der Waals surface area contributed by atoms with E-state index in [-0.39, 0.29) is 5.91 Å². The molecule has 3 aromatic rings. The van der Waals surface area contributed by atoms with Gasteiger partial charge in [-0.15, -0.1) is 11.3 Å². The molecule has 0 aliphatic carbocycles. The van der Waals surface area contributed by atoms with Gasteiger partial charge in [-0.25, -0.2) is 4.98 Å². The van der Waals surface area contributed by atoms with Gasteiger partial charge in [0.15, 0.2) is 0 Å². The minimum absolute atomic E-state index is 0.0382. The van der Waals surface area contributed by atoms with Crippen LogP contribution in [-0.2, 0) is 6.42 Å². The van der Waals surface area contributed by atoms with E-state index < -0.39 is 0 Å². The normalized spacial score (nSPS) is 10.5. The van der Waals surface area contributed by atoms with E-state index in [9.17, 15) is 4.79 Å². The van der Waals surface area contributed by atoms with E-state index in [1.54, 1.807) is 23.9 Å². The van der Waals surface area contributed by atoms with Gasteiger partial charge in [0.05, 0.1) is 6.33 Å². The lowest BCUT2D eigenvalue weighted by atomic mass is 10.2. The lowest BCUT2D eigenvalue weighted by Gasteiger charge is -2.06. The molecule has 0 fully saturated rings. The SMILES string of the molecule is O=C(NCCc1cccs1)c1ccc(-n2ccnc2)cc1. The second-order valence-electron chi connectivity index (χ2n) is 4.60. The summed E-state index contributed by atoms with van der Waals surface area (Å²) >= 11 is 1.71. The van der Waals surface area contributed by atoms with Crippen LogP contribution < -0.4 is 5.32 Å². The monoisotopic (exact) mass is 297 g/mol. The van der Waals surface area contributed by atoms with Crippen LogP contribution in [0.25, 0.3) is 5.69 Å². The number of aromatic nitrogens is 2. The molecule has 3 rings (SSSR count). The van der Waals surface area contributed by atoms with Crippen LogP contribution in [0.1, 0.15) is 15.2 Å². The fraction of sp³-hybridized carbons (Fsp3) is 0.125. The van der Waals surface area contributed by atoms with Crippen LogP contribution in [0.4, 0.5) is 0 Å². The number of carbonyl (C=O) groups is 1. The number of benzene rings is 1. The number of nitrogens with zero attached hydrogens (tertiary/aromatic N) is 2. The number of imidazole rings is 1. The summed E-state index contributed by atoms with van der Waals surface area (Å²) < 4.78 is 1.90. The predicted octanol–water partition coefficient (Wildman–Crippen LogP) is 2.91. The third-order valence-electron chi connectivity index (χ3n) is 3.17. The molecule has 0 atom stereocenters. The molecule has 4 nitrogen and oxygen atoms in total. The zero-order valence-electron chi connectivity index (χ0n) is 11.4. The minimum Gasteiger partial charge on any atom is -0.352 e. The third kappa shape index (κ3) is 3.38. The van der Waals surface area contributed by atoms with Crippen molar-refractivity contribution in [2.24, 2.45) is 0 Å². The number of hydrogen-bond donors (Lipinski definition) is 1. The summed E-state index contributed by atoms with van der Waals surface area (Å²) in [5.41, 5.74) is 1.66. The molecule has 0 bridgehead atoms. The molecule has 1 aromatic carbocycles. The number of amides is 1. The van der Waals surface area contributed by atoms with Gasteiger partial charge in [-0.2, -0.15) is 0 Å². The van der Waals surface area contributed by atoms with Crippen molar-refractivity contribution in [3.05, 3.63) is 70.9 Å². The number of nitrogens with one attached hydrogen (secondary N) is 1. The number of rotatable bonds is 5. The summed E-state index contributed by atoms with van der Waals surface area (Å²) in [5, 5.41) is 4.99. The first-order valence-corrected chi connectivity index (χ1v) is 7.60. The van der Waals surface area contributed by atoms with E-state index >= 15 is 0 Å². The predicted molar refractivity (Wildman–Crippen MR) is 83.9 cm³/mol. The molecule has 1 N–H and O–H groups in total. The summed E-state index contributed by atoms with van der Waals surface area (Å²) in [6, 6.07) is 11.6. The van der Waals surface area contributed by atoms with Crippen molar-refractivity contribution in [2.45, 2.75) is 6.42 Å². The Kier molecular flexibility index (Phi) is 4.12. The van der Waals surface area contributed by atoms with Crippen molar-refractivity contribution in [2.75, 3.05) is 6.54 Å². The number of thiophene rings is 1. The maximum absolute atomic E-state index is 12.0. The van der Waals surface area contributed by atoms with Gasteiger partial charge in [0.2, 0.25) is 0 Å². The Labute approximate surface area is 127 Å². The van der Waals surface area contributed by atoms with E-state index in [0.717, 1.165) is 12.1 Å². The summed E-state index contributed by atoms with van der Waals surface area (Å²) in [5.74, 6) is -0.0382. The van der Waals surface area contributed by atoms with Crippen LogP contribution in [0.2, 0.25) is 0 Å². The quantitative estimate of drug-likeness (QED) is 0.787. The van der Waals surface area contributed by atoms with Crippen molar-refractivity contribution in [3.8, 4) is 5.69 Å². The second-order valence-corrected chi connectivity index (χ2v) is 5.63. The van der Waals surface area contributed by atoms with Crippen molar-refractivity contribution in [3.63, 3.8) is 0 Å². The van der Waals surface area contributed by atoms with Crippen molar-refractivity contribution in [1.82, 2.24) is 14.9 Å². The summed E-state index contributed by atoms with van der Waals surface area (Å²) in [6.45, 7) is 0.655. The van der Waals surface area contributed by atoms with Gasteiger partial charge in [-0.3, -0.25) is 4.79 Å². The maximum Gasteiger partial charge on any atom is 0.251 e. The van der Waals surface area contributed by atoms with Crippen LogP contribution in [0.15, 0.2) is 60.5 Å². The average molecular weight is 297 g/mol. The van der Waals surface area contributed by atoms with Gasteiger partial charge in [0.25, 0.3) is 5.91 Å². The van der Waals surface area contributed by atoms with Crippen LogP contribution >= 0.6 is 11.3 Å². The molecule has 2 heterocycles. The largest absolute Gasteiger partial charge is 0.352 e. The Bertz CT molecular complexity index is 688. The number of carbonyl (C=O) groups excluding carboxylic acids is 1. The molecule has 106 valence electrons. The molecular weight excluding hydrogens is 282 g/mol.